The normalized spacial score (nSPS) is 10.9. The summed E-state index contributed by atoms with van der Waals surface area (Å²) in [7, 11) is 1.48. The molecule has 186 valence electrons. The van der Waals surface area contributed by atoms with E-state index in [-0.39, 0.29) is 18.7 Å². The van der Waals surface area contributed by atoms with Crippen LogP contribution in [-0.4, -0.2) is 23.8 Å². The Morgan fingerprint density at radius 3 is 2.50 bits per heavy atom. The van der Waals surface area contributed by atoms with Crippen LogP contribution in [0.25, 0.3) is 0 Å². The second-order valence-corrected chi connectivity index (χ2v) is 10.7. The van der Waals surface area contributed by atoms with Gasteiger partial charge in [0.2, 0.25) is 0 Å². The molecule has 0 aliphatic rings. The van der Waals surface area contributed by atoms with Crippen LogP contribution in [0.5, 0.6) is 5.75 Å². The molecule has 1 N–H and O–H groups in total. The Kier molecular flexibility index (Phi) is 10.5. The van der Waals surface area contributed by atoms with E-state index < -0.39 is 11.5 Å². The standard InChI is InChI=1S/C25H21BrI2N4O4/c1-15-23(26)19(14-35-2)18(10-29)25(34)32(15)12-22(33)31-30-11-17-8-20(27)24(21(28)9-17)36-13-16-6-4-3-5-7-16/h3-9,11H,12-14H2,1-2H3,(H,31,33)/b30-11-. The lowest BCUT2D eigenvalue weighted by atomic mass is 10.1. The van der Waals surface area contributed by atoms with Crippen molar-refractivity contribution in [1.29, 1.82) is 5.26 Å². The van der Waals surface area contributed by atoms with Crippen molar-refractivity contribution in [3.8, 4) is 11.8 Å². The van der Waals surface area contributed by atoms with E-state index in [4.69, 9.17) is 9.47 Å². The summed E-state index contributed by atoms with van der Waals surface area (Å²) in [5.41, 5.74) is 4.65. The van der Waals surface area contributed by atoms with Crippen molar-refractivity contribution in [3.63, 3.8) is 0 Å². The van der Waals surface area contributed by atoms with Gasteiger partial charge in [0.15, 0.2) is 0 Å². The summed E-state index contributed by atoms with van der Waals surface area (Å²) in [6.45, 7) is 1.97. The number of carbonyl (C=O) groups excluding carboxylic acids is 1. The van der Waals surface area contributed by atoms with Gasteiger partial charge in [0, 0.05) is 22.8 Å². The highest BCUT2D eigenvalue weighted by molar-refractivity contribution is 14.1. The van der Waals surface area contributed by atoms with Gasteiger partial charge in [0.05, 0.1) is 20.0 Å². The molecule has 0 spiro atoms. The number of benzene rings is 2. The molecule has 0 fully saturated rings. The molecule has 11 heteroatoms. The fourth-order valence-corrected chi connectivity index (χ4v) is 5.98. The molecule has 1 aromatic heterocycles. The van der Waals surface area contributed by atoms with Crippen LogP contribution in [0.3, 0.4) is 0 Å². The summed E-state index contributed by atoms with van der Waals surface area (Å²) in [5, 5.41) is 13.5. The van der Waals surface area contributed by atoms with Gasteiger partial charge < -0.3 is 14.0 Å². The van der Waals surface area contributed by atoms with Crippen LogP contribution in [0.1, 0.15) is 27.9 Å². The maximum Gasteiger partial charge on any atom is 0.269 e. The van der Waals surface area contributed by atoms with Crippen molar-refractivity contribution in [3.05, 3.63) is 92.4 Å². The predicted molar refractivity (Wildman–Crippen MR) is 157 cm³/mol. The number of hydrogen-bond acceptors (Lipinski definition) is 6. The molecule has 0 bridgehead atoms. The van der Waals surface area contributed by atoms with Gasteiger partial charge in [0.1, 0.15) is 30.5 Å². The number of hydrogen-bond donors (Lipinski definition) is 1. The summed E-state index contributed by atoms with van der Waals surface area (Å²) >= 11 is 7.82. The Hall–Kier alpha value is -2.28. The fourth-order valence-electron chi connectivity index (χ4n) is 3.33. The number of carbonyl (C=O) groups is 1. The highest BCUT2D eigenvalue weighted by atomic mass is 127. The van der Waals surface area contributed by atoms with Crippen LogP contribution >= 0.6 is 61.1 Å². The van der Waals surface area contributed by atoms with Crippen LogP contribution in [0.4, 0.5) is 0 Å². The number of nitriles is 1. The van der Waals surface area contributed by atoms with E-state index in [9.17, 15) is 14.9 Å². The van der Waals surface area contributed by atoms with Crippen molar-refractivity contribution in [2.45, 2.75) is 26.7 Å². The maximum absolute atomic E-state index is 12.8. The third-order valence-corrected chi connectivity index (χ3v) is 7.75. The first-order chi connectivity index (χ1) is 17.3. The van der Waals surface area contributed by atoms with Gasteiger partial charge in [-0.05, 0) is 91.3 Å². The first-order valence-corrected chi connectivity index (χ1v) is 13.5. The number of pyridine rings is 1. The molecule has 3 aromatic rings. The molecule has 0 atom stereocenters. The lowest BCUT2D eigenvalue weighted by molar-refractivity contribution is -0.121. The number of halogens is 3. The van der Waals surface area contributed by atoms with Crippen molar-refractivity contribution >= 4 is 73.2 Å². The van der Waals surface area contributed by atoms with Crippen LogP contribution in [0.2, 0.25) is 0 Å². The average Bonchev–Trinajstić information content (AvgIpc) is 2.85. The van der Waals surface area contributed by atoms with Gasteiger partial charge in [0.25, 0.3) is 11.5 Å². The maximum atomic E-state index is 12.8. The Labute approximate surface area is 244 Å². The number of aromatic nitrogens is 1. The molecule has 36 heavy (non-hydrogen) atoms. The van der Waals surface area contributed by atoms with Crippen molar-refractivity contribution in [2.75, 3.05) is 7.11 Å². The topological polar surface area (TPSA) is 106 Å². The minimum Gasteiger partial charge on any atom is -0.487 e. The summed E-state index contributed by atoms with van der Waals surface area (Å²) in [4.78, 5) is 25.3. The second kappa shape index (κ2) is 13.3. The molecule has 1 heterocycles. The highest BCUT2D eigenvalue weighted by Crippen LogP contribution is 2.29. The van der Waals surface area contributed by atoms with Gasteiger partial charge >= 0.3 is 0 Å². The molecule has 8 nitrogen and oxygen atoms in total. The SMILES string of the molecule is COCc1c(Br)c(C)n(CC(=O)N/N=C\c2cc(I)c(OCc3ccccc3)c(I)c2)c(=O)c1C#N. The van der Waals surface area contributed by atoms with Crippen molar-refractivity contribution < 1.29 is 14.3 Å². The van der Waals surface area contributed by atoms with Crippen LogP contribution in [0.15, 0.2) is 56.8 Å². The molecule has 0 saturated heterocycles. The number of nitrogens with zero attached hydrogens (tertiary/aromatic N) is 3. The van der Waals surface area contributed by atoms with Gasteiger partial charge in [-0.2, -0.15) is 10.4 Å². The summed E-state index contributed by atoms with van der Waals surface area (Å²) in [5.74, 6) is 0.283. The quantitative estimate of drug-likeness (QED) is 0.190. The molecule has 1 amide bonds. The highest BCUT2D eigenvalue weighted by Gasteiger charge is 2.19. The molecule has 0 saturated carbocycles. The molecule has 0 aliphatic heterocycles. The number of hydrazone groups is 1. The van der Waals surface area contributed by atoms with Gasteiger partial charge in [-0.1, -0.05) is 30.3 Å². The predicted octanol–water partition coefficient (Wildman–Crippen LogP) is 4.88. The third kappa shape index (κ3) is 6.93. The van der Waals surface area contributed by atoms with Gasteiger partial charge in [-0.25, -0.2) is 5.43 Å². The van der Waals surface area contributed by atoms with E-state index in [1.807, 2.05) is 48.5 Å². The third-order valence-electron chi connectivity index (χ3n) is 5.10. The van der Waals surface area contributed by atoms with Crippen molar-refractivity contribution in [1.82, 2.24) is 9.99 Å². The smallest absolute Gasteiger partial charge is 0.269 e. The van der Waals surface area contributed by atoms with Crippen LogP contribution in [-0.2, 0) is 29.3 Å². The summed E-state index contributed by atoms with van der Waals surface area (Å²) in [6, 6.07) is 15.6. The Morgan fingerprint density at radius 2 is 1.89 bits per heavy atom. The number of ether oxygens (including phenoxy) is 2. The number of nitrogens with one attached hydrogen (secondary N) is 1. The molecule has 0 aliphatic carbocycles. The van der Waals surface area contributed by atoms with E-state index in [2.05, 4.69) is 71.6 Å². The largest absolute Gasteiger partial charge is 0.487 e. The summed E-state index contributed by atoms with van der Waals surface area (Å²) in [6.07, 6.45) is 1.52. The van der Waals surface area contributed by atoms with Crippen LogP contribution < -0.4 is 15.7 Å². The van der Waals surface area contributed by atoms with E-state index in [1.165, 1.54) is 17.9 Å². The zero-order valence-corrected chi connectivity index (χ0v) is 25.2. The Bertz CT molecular complexity index is 1380. The molecule has 0 radical (unpaired) electrons. The summed E-state index contributed by atoms with van der Waals surface area (Å²) < 4.78 is 14.7. The minimum atomic E-state index is -0.556. The average molecular weight is 775 g/mol. The molecular formula is C25H21BrI2N4O4. The van der Waals surface area contributed by atoms with Crippen molar-refractivity contribution in [2.24, 2.45) is 5.10 Å². The Balaban J connectivity index is 1.69. The molecule has 2 aromatic carbocycles. The second-order valence-electron chi connectivity index (χ2n) is 7.57. The zero-order chi connectivity index (χ0) is 26.2. The monoisotopic (exact) mass is 774 g/mol. The zero-order valence-electron chi connectivity index (χ0n) is 19.3. The lowest BCUT2D eigenvalue weighted by Gasteiger charge is -2.15. The molecule has 3 rings (SSSR count). The molecule has 0 unspecified atom stereocenters. The van der Waals surface area contributed by atoms with E-state index in [0.29, 0.717) is 22.3 Å². The number of methoxy groups -OCH3 is 1. The first-order valence-electron chi connectivity index (χ1n) is 10.5. The number of rotatable bonds is 9. The minimum absolute atomic E-state index is 0.0654. The van der Waals surface area contributed by atoms with E-state index in [1.54, 1.807) is 6.92 Å². The Morgan fingerprint density at radius 1 is 1.22 bits per heavy atom. The van der Waals surface area contributed by atoms with E-state index >= 15 is 0 Å². The van der Waals surface area contributed by atoms with Crippen LogP contribution in [0, 0.1) is 25.4 Å². The molecular weight excluding hydrogens is 754 g/mol. The number of amides is 1. The van der Waals surface area contributed by atoms with Gasteiger partial charge in [-0.3, -0.25) is 9.59 Å². The van der Waals surface area contributed by atoms with Gasteiger partial charge in [-0.15, -0.1) is 0 Å². The fraction of sp³-hybridized carbons (Fsp3) is 0.200. The first kappa shape index (κ1) is 28.3. The lowest BCUT2D eigenvalue weighted by Crippen LogP contribution is -2.33. The van der Waals surface area contributed by atoms with E-state index in [0.717, 1.165) is 24.0 Å².